The van der Waals surface area contributed by atoms with E-state index in [0.717, 1.165) is 24.7 Å². The molecule has 0 saturated carbocycles. The predicted octanol–water partition coefficient (Wildman–Crippen LogP) is 2.15. The number of anilines is 1. The summed E-state index contributed by atoms with van der Waals surface area (Å²) in [4.78, 5) is 6.52. The molecule has 82 valence electrons. The molecule has 1 aromatic heterocycles. The maximum Gasteiger partial charge on any atom is 0.171 e. The van der Waals surface area contributed by atoms with Gasteiger partial charge in [0.1, 0.15) is 0 Å². The van der Waals surface area contributed by atoms with Crippen LogP contribution in [0.25, 0.3) is 0 Å². The van der Waals surface area contributed by atoms with E-state index < -0.39 is 0 Å². The number of aromatic nitrogens is 1. The SMILES string of the molecule is COc1cccnc1N1CC(C)C(Cl)C1. The minimum atomic E-state index is 0.205. The third-order valence-electron chi connectivity index (χ3n) is 2.79. The lowest BCUT2D eigenvalue weighted by molar-refractivity contribution is 0.413. The summed E-state index contributed by atoms with van der Waals surface area (Å²) in [5.74, 6) is 2.21. The third-order valence-corrected chi connectivity index (χ3v) is 3.36. The van der Waals surface area contributed by atoms with Crippen LogP contribution in [-0.4, -0.2) is 30.6 Å². The van der Waals surface area contributed by atoms with Crippen LogP contribution in [0.15, 0.2) is 18.3 Å². The molecule has 1 aromatic rings. The molecule has 2 atom stereocenters. The van der Waals surface area contributed by atoms with E-state index in [1.807, 2.05) is 12.1 Å². The Labute approximate surface area is 95.0 Å². The van der Waals surface area contributed by atoms with E-state index in [0.29, 0.717) is 5.92 Å². The van der Waals surface area contributed by atoms with Crippen molar-refractivity contribution in [3.05, 3.63) is 18.3 Å². The topological polar surface area (TPSA) is 25.4 Å². The predicted molar refractivity (Wildman–Crippen MR) is 61.8 cm³/mol. The smallest absolute Gasteiger partial charge is 0.171 e. The fraction of sp³-hybridized carbons (Fsp3) is 0.545. The van der Waals surface area contributed by atoms with Crippen molar-refractivity contribution in [1.82, 2.24) is 4.98 Å². The summed E-state index contributed by atoms with van der Waals surface area (Å²) in [5.41, 5.74) is 0. The summed E-state index contributed by atoms with van der Waals surface area (Å²) in [7, 11) is 1.66. The molecule has 2 unspecified atom stereocenters. The number of alkyl halides is 1. The molecule has 0 aromatic carbocycles. The molecule has 1 saturated heterocycles. The van der Waals surface area contributed by atoms with Crippen molar-refractivity contribution in [3.8, 4) is 5.75 Å². The first-order chi connectivity index (χ1) is 7.22. The first-order valence-electron chi connectivity index (χ1n) is 5.10. The summed E-state index contributed by atoms with van der Waals surface area (Å²) >= 11 is 6.19. The van der Waals surface area contributed by atoms with Gasteiger partial charge in [-0.05, 0) is 18.1 Å². The van der Waals surface area contributed by atoms with Crippen molar-refractivity contribution in [1.29, 1.82) is 0 Å². The molecular weight excluding hydrogens is 212 g/mol. The summed E-state index contributed by atoms with van der Waals surface area (Å²) in [6.07, 6.45) is 1.78. The highest BCUT2D eigenvalue weighted by Gasteiger charge is 2.29. The van der Waals surface area contributed by atoms with E-state index in [-0.39, 0.29) is 5.38 Å². The second kappa shape index (κ2) is 4.27. The van der Waals surface area contributed by atoms with Crippen molar-refractivity contribution in [2.75, 3.05) is 25.1 Å². The number of nitrogens with zero attached hydrogens (tertiary/aromatic N) is 2. The minimum Gasteiger partial charge on any atom is -0.493 e. The van der Waals surface area contributed by atoms with Crippen molar-refractivity contribution in [2.45, 2.75) is 12.3 Å². The van der Waals surface area contributed by atoms with Gasteiger partial charge in [-0.2, -0.15) is 0 Å². The van der Waals surface area contributed by atoms with Gasteiger partial charge in [-0.1, -0.05) is 6.92 Å². The Bertz CT molecular complexity index is 335. The maximum absolute atomic E-state index is 6.19. The van der Waals surface area contributed by atoms with E-state index in [1.54, 1.807) is 13.3 Å². The Morgan fingerprint density at radius 2 is 2.33 bits per heavy atom. The molecule has 1 aliphatic heterocycles. The summed E-state index contributed by atoms with van der Waals surface area (Å²) in [5, 5.41) is 0.205. The van der Waals surface area contributed by atoms with Crippen LogP contribution in [0.1, 0.15) is 6.92 Å². The van der Waals surface area contributed by atoms with Crippen LogP contribution in [0, 0.1) is 5.92 Å². The van der Waals surface area contributed by atoms with E-state index in [1.165, 1.54) is 0 Å². The molecule has 1 aliphatic rings. The summed E-state index contributed by atoms with van der Waals surface area (Å²) in [6.45, 7) is 3.95. The number of halogens is 1. The number of ether oxygens (including phenoxy) is 1. The number of methoxy groups -OCH3 is 1. The van der Waals surface area contributed by atoms with Gasteiger partial charge in [0.25, 0.3) is 0 Å². The van der Waals surface area contributed by atoms with Gasteiger partial charge < -0.3 is 9.64 Å². The van der Waals surface area contributed by atoms with Gasteiger partial charge in [0, 0.05) is 19.3 Å². The molecule has 0 bridgehead atoms. The van der Waals surface area contributed by atoms with Crippen molar-refractivity contribution in [2.24, 2.45) is 5.92 Å². The second-order valence-corrected chi connectivity index (χ2v) is 4.49. The van der Waals surface area contributed by atoms with Gasteiger partial charge in [-0.15, -0.1) is 11.6 Å². The largest absolute Gasteiger partial charge is 0.493 e. The van der Waals surface area contributed by atoms with Gasteiger partial charge in [0.2, 0.25) is 0 Å². The van der Waals surface area contributed by atoms with Crippen LogP contribution >= 0.6 is 11.6 Å². The zero-order valence-electron chi connectivity index (χ0n) is 8.98. The van der Waals surface area contributed by atoms with Crippen LogP contribution in [-0.2, 0) is 0 Å². The second-order valence-electron chi connectivity index (χ2n) is 3.93. The lowest BCUT2D eigenvalue weighted by Crippen LogP contribution is -2.21. The van der Waals surface area contributed by atoms with Gasteiger partial charge in [-0.3, -0.25) is 0 Å². The van der Waals surface area contributed by atoms with Gasteiger partial charge >= 0.3 is 0 Å². The molecule has 2 rings (SSSR count). The molecule has 3 nitrogen and oxygen atoms in total. The number of rotatable bonds is 2. The standard InChI is InChI=1S/C11H15ClN2O/c1-8-6-14(7-9(8)12)11-10(15-2)4-3-5-13-11/h3-5,8-9H,6-7H2,1-2H3. The first kappa shape index (κ1) is 10.6. The quantitative estimate of drug-likeness (QED) is 0.723. The summed E-state index contributed by atoms with van der Waals surface area (Å²) < 4.78 is 5.28. The molecule has 0 aliphatic carbocycles. The highest BCUT2D eigenvalue weighted by Crippen LogP contribution is 2.31. The van der Waals surface area contributed by atoms with E-state index >= 15 is 0 Å². The monoisotopic (exact) mass is 226 g/mol. The lowest BCUT2D eigenvalue weighted by Gasteiger charge is -2.18. The molecule has 0 spiro atoms. The molecule has 4 heteroatoms. The molecule has 0 N–H and O–H groups in total. The molecule has 15 heavy (non-hydrogen) atoms. The lowest BCUT2D eigenvalue weighted by atomic mass is 10.2. The van der Waals surface area contributed by atoms with E-state index in [9.17, 15) is 0 Å². The fourth-order valence-corrected chi connectivity index (χ4v) is 2.13. The minimum absolute atomic E-state index is 0.205. The van der Waals surface area contributed by atoms with Crippen LogP contribution in [0.2, 0.25) is 0 Å². The molecule has 0 amide bonds. The van der Waals surface area contributed by atoms with Crippen molar-refractivity contribution >= 4 is 17.4 Å². The van der Waals surface area contributed by atoms with E-state index in [2.05, 4.69) is 16.8 Å². The zero-order valence-corrected chi connectivity index (χ0v) is 9.74. The molecular formula is C11H15ClN2O. The summed E-state index contributed by atoms with van der Waals surface area (Å²) in [6, 6.07) is 3.80. The van der Waals surface area contributed by atoms with E-state index in [4.69, 9.17) is 16.3 Å². The van der Waals surface area contributed by atoms with Gasteiger partial charge in [0.05, 0.1) is 12.5 Å². The Morgan fingerprint density at radius 1 is 1.53 bits per heavy atom. The van der Waals surface area contributed by atoms with Crippen LogP contribution in [0.5, 0.6) is 5.75 Å². The van der Waals surface area contributed by atoms with Gasteiger partial charge in [0.15, 0.2) is 11.6 Å². The highest BCUT2D eigenvalue weighted by atomic mass is 35.5. The Balaban J connectivity index is 2.23. The third kappa shape index (κ3) is 2.02. The highest BCUT2D eigenvalue weighted by molar-refractivity contribution is 6.21. The average molecular weight is 227 g/mol. The molecule has 2 heterocycles. The Morgan fingerprint density at radius 3 is 2.93 bits per heavy atom. The Kier molecular flexibility index (Phi) is 3.00. The van der Waals surface area contributed by atoms with Crippen LogP contribution in [0.3, 0.4) is 0 Å². The molecule has 0 radical (unpaired) electrons. The average Bonchev–Trinajstić information content (AvgIpc) is 2.59. The zero-order chi connectivity index (χ0) is 10.8. The van der Waals surface area contributed by atoms with Gasteiger partial charge in [-0.25, -0.2) is 4.98 Å². The Hall–Kier alpha value is -0.960. The number of hydrogen-bond donors (Lipinski definition) is 0. The van der Waals surface area contributed by atoms with Crippen molar-refractivity contribution in [3.63, 3.8) is 0 Å². The van der Waals surface area contributed by atoms with Crippen LogP contribution in [0.4, 0.5) is 5.82 Å². The first-order valence-corrected chi connectivity index (χ1v) is 5.54. The normalized spacial score (nSPS) is 25.7. The maximum atomic E-state index is 6.19. The molecule has 1 fully saturated rings. The number of pyridine rings is 1. The van der Waals surface area contributed by atoms with Crippen LogP contribution < -0.4 is 9.64 Å². The number of hydrogen-bond acceptors (Lipinski definition) is 3. The fourth-order valence-electron chi connectivity index (χ4n) is 1.88. The van der Waals surface area contributed by atoms with Crippen molar-refractivity contribution < 1.29 is 4.74 Å².